The molecule has 0 saturated carbocycles. The van der Waals surface area contributed by atoms with Crippen LogP contribution in [-0.4, -0.2) is 46.4 Å². The van der Waals surface area contributed by atoms with Crippen LogP contribution in [0.15, 0.2) is 0 Å². The van der Waals surface area contributed by atoms with Gasteiger partial charge in [-0.25, -0.2) is 13.1 Å². The van der Waals surface area contributed by atoms with Gasteiger partial charge in [0.2, 0.25) is 10.0 Å². The molecule has 7 heteroatoms. The van der Waals surface area contributed by atoms with Crippen LogP contribution in [0, 0.1) is 0 Å². The summed E-state index contributed by atoms with van der Waals surface area (Å²) in [6.07, 6.45) is 3.53. The Kier molecular flexibility index (Phi) is 6.59. The normalized spacial score (nSPS) is 19.9. The van der Waals surface area contributed by atoms with Crippen molar-refractivity contribution in [3.8, 4) is 0 Å². The van der Waals surface area contributed by atoms with Gasteiger partial charge in [0.25, 0.3) is 0 Å². The molecule has 1 aliphatic rings. The van der Waals surface area contributed by atoms with E-state index in [9.17, 15) is 13.2 Å². The van der Waals surface area contributed by atoms with Crippen molar-refractivity contribution >= 4 is 16.0 Å². The Bertz CT molecular complexity index is 350. The zero-order chi connectivity index (χ0) is 13.4. The van der Waals surface area contributed by atoms with E-state index in [0.29, 0.717) is 19.0 Å². The van der Waals surface area contributed by atoms with Crippen molar-refractivity contribution in [3.05, 3.63) is 0 Å². The average molecular weight is 278 g/mol. The summed E-state index contributed by atoms with van der Waals surface area (Å²) < 4.78 is 30.2. The number of carbonyl (C=O) groups excluding carboxylic acids is 1. The van der Waals surface area contributed by atoms with Crippen molar-refractivity contribution in [2.45, 2.75) is 38.1 Å². The van der Waals surface area contributed by atoms with Crippen LogP contribution < -0.4 is 10.0 Å². The molecule has 0 aliphatic carbocycles. The molecule has 2 N–H and O–H groups in total. The fraction of sp³-hybridized carbons (Fsp3) is 0.909. The van der Waals surface area contributed by atoms with E-state index in [4.69, 9.17) is 0 Å². The second kappa shape index (κ2) is 7.70. The predicted molar refractivity (Wildman–Crippen MR) is 68.7 cm³/mol. The predicted octanol–water partition coefficient (Wildman–Crippen LogP) is 0.00110. The molecule has 0 radical (unpaired) electrons. The summed E-state index contributed by atoms with van der Waals surface area (Å²) in [7, 11) is -1.97. The van der Waals surface area contributed by atoms with E-state index in [0.717, 1.165) is 25.8 Å². The Morgan fingerprint density at radius 3 is 2.89 bits per heavy atom. The van der Waals surface area contributed by atoms with E-state index in [1.54, 1.807) is 0 Å². The lowest BCUT2D eigenvalue weighted by atomic mass is 10.2. The third kappa shape index (κ3) is 6.32. The number of sulfonamides is 1. The molecule has 0 aromatic carbocycles. The maximum absolute atomic E-state index is 11.6. The lowest BCUT2D eigenvalue weighted by Gasteiger charge is -2.11. The van der Waals surface area contributed by atoms with Crippen molar-refractivity contribution in [2.75, 3.05) is 26.0 Å². The summed E-state index contributed by atoms with van der Waals surface area (Å²) in [5.74, 6) is -0.402. The molecule has 1 fully saturated rings. The maximum atomic E-state index is 11.6. The fourth-order valence-corrected chi connectivity index (χ4v) is 3.07. The molecule has 0 unspecified atom stereocenters. The summed E-state index contributed by atoms with van der Waals surface area (Å²) in [4.78, 5) is 10.8. The number of nitrogens with one attached hydrogen (secondary N) is 2. The standard InChI is InChI=1S/C11H22N2O4S/c1-17-11(14)5-3-9-18(15,16)13-8-6-10-4-2-7-12-10/h10,12-13H,2-9H2,1H3/t10-/m1/s1. The molecular formula is C11H22N2O4S. The lowest BCUT2D eigenvalue weighted by molar-refractivity contribution is -0.140. The molecule has 0 bridgehead atoms. The zero-order valence-corrected chi connectivity index (χ0v) is 11.6. The highest BCUT2D eigenvalue weighted by Crippen LogP contribution is 2.07. The minimum Gasteiger partial charge on any atom is -0.469 e. The summed E-state index contributed by atoms with van der Waals surface area (Å²) in [6.45, 7) is 1.48. The number of ether oxygens (including phenoxy) is 1. The molecule has 0 aromatic rings. The Hall–Kier alpha value is -0.660. The minimum absolute atomic E-state index is 0.0276. The van der Waals surface area contributed by atoms with Crippen LogP contribution in [0.4, 0.5) is 0 Å². The van der Waals surface area contributed by atoms with Gasteiger partial charge < -0.3 is 10.1 Å². The second-order valence-corrected chi connectivity index (χ2v) is 6.40. The number of rotatable bonds is 8. The number of hydrogen-bond donors (Lipinski definition) is 2. The maximum Gasteiger partial charge on any atom is 0.305 e. The van der Waals surface area contributed by atoms with Crippen molar-refractivity contribution < 1.29 is 17.9 Å². The quantitative estimate of drug-likeness (QED) is 0.611. The molecule has 106 valence electrons. The highest BCUT2D eigenvalue weighted by molar-refractivity contribution is 7.89. The summed E-state index contributed by atoms with van der Waals surface area (Å²) in [5.41, 5.74) is 0. The number of carbonyl (C=O) groups is 1. The van der Waals surface area contributed by atoms with E-state index in [2.05, 4.69) is 14.8 Å². The molecule has 1 atom stereocenters. The molecular weight excluding hydrogens is 256 g/mol. The zero-order valence-electron chi connectivity index (χ0n) is 10.8. The monoisotopic (exact) mass is 278 g/mol. The number of methoxy groups -OCH3 is 1. The first-order chi connectivity index (χ1) is 8.53. The van der Waals surface area contributed by atoms with Gasteiger partial charge in [-0.15, -0.1) is 0 Å². The Morgan fingerprint density at radius 1 is 1.50 bits per heavy atom. The average Bonchev–Trinajstić information content (AvgIpc) is 2.81. The Balaban J connectivity index is 2.12. The van der Waals surface area contributed by atoms with Gasteiger partial charge in [-0.3, -0.25) is 4.79 Å². The first kappa shape index (κ1) is 15.4. The highest BCUT2D eigenvalue weighted by Gasteiger charge is 2.15. The SMILES string of the molecule is COC(=O)CCCS(=O)(=O)NCC[C@H]1CCCN1. The van der Waals surface area contributed by atoms with Crippen LogP contribution in [0.3, 0.4) is 0 Å². The van der Waals surface area contributed by atoms with Crippen LogP contribution in [0.25, 0.3) is 0 Å². The van der Waals surface area contributed by atoms with E-state index >= 15 is 0 Å². The molecule has 1 aliphatic heterocycles. The van der Waals surface area contributed by atoms with Crippen molar-refractivity contribution in [1.82, 2.24) is 10.0 Å². The molecule has 6 nitrogen and oxygen atoms in total. The Labute approximate surface area is 109 Å². The van der Waals surface area contributed by atoms with Gasteiger partial charge in [-0.05, 0) is 32.2 Å². The summed E-state index contributed by atoms with van der Waals surface area (Å²) in [5, 5.41) is 3.31. The van der Waals surface area contributed by atoms with Crippen LogP contribution in [0.2, 0.25) is 0 Å². The van der Waals surface area contributed by atoms with E-state index in [1.165, 1.54) is 7.11 Å². The molecule has 18 heavy (non-hydrogen) atoms. The first-order valence-electron chi connectivity index (χ1n) is 6.31. The third-order valence-corrected chi connectivity index (χ3v) is 4.47. The Morgan fingerprint density at radius 2 is 2.28 bits per heavy atom. The van der Waals surface area contributed by atoms with Gasteiger partial charge in [-0.1, -0.05) is 0 Å². The van der Waals surface area contributed by atoms with Gasteiger partial charge in [0.05, 0.1) is 12.9 Å². The minimum atomic E-state index is -3.26. The van der Waals surface area contributed by atoms with Crippen LogP contribution in [0.5, 0.6) is 0 Å². The molecule has 0 amide bonds. The van der Waals surface area contributed by atoms with Crippen molar-refractivity contribution in [2.24, 2.45) is 0 Å². The number of esters is 1. The lowest BCUT2D eigenvalue weighted by Crippen LogP contribution is -2.32. The molecule has 0 aromatic heterocycles. The third-order valence-electron chi connectivity index (χ3n) is 3.00. The molecule has 1 rings (SSSR count). The molecule has 1 heterocycles. The smallest absolute Gasteiger partial charge is 0.305 e. The molecule has 0 spiro atoms. The van der Waals surface area contributed by atoms with E-state index in [1.807, 2.05) is 0 Å². The summed E-state index contributed by atoms with van der Waals surface area (Å²) in [6, 6.07) is 0.433. The van der Waals surface area contributed by atoms with Gasteiger partial charge in [0.1, 0.15) is 0 Å². The van der Waals surface area contributed by atoms with E-state index < -0.39 is 10.0 Å². The van der Waals surface area contributed by atoms with E-state index in [-0.39, 0.29) is 18.1 Å². The van der Waals surface area contributed by atoms with Crippen LogP contribution in [0.1, 0.15) is 32.1 Å². The van der Waals surface area contributed by atoms with Crippen LogP contribution >= 0.6 is 0 Å². The van der Waals surface area contributed by atoms with Crippen LogP contribution in [-0.2, 0) is 19.6 Å². The second-order valence-electron chi connectivity index (χ2n) is 4.47. The number of hydrogen-bond acceptors (Lipinski definition) is 5. The highest BCUT2D eigenvalue weighted by atomic mass is 32.2. The van der Waals surface area contributed by atoms with Gasteiger partial charge in [-0.2, -0.15) is 0 Å². The fourth-order valence-electron chi connectivity index (χ4n) is 1.97. The van der Waals surface area contributed by atoms with Gasteiger partial charge in [0.15, 0.2) is 0 Å². The van der Waals surface area contributed by atoms with Gasteiger partial charge in [0, 0.05) is 19.0 Å². The topological polar surface area (TPSA) is 84.5 Å². The van der Waals surface area contributed by atoms with Gasteiger partial charge >= 0.3 is 5.97 Å². The van der Waals surface area contributed by atoms with Crippen molar-refractivity contribution in [3.63, 3.8) is 0 Å². The summed E-state index contributed by atoms with van der Waals surface area (Å²) >= 11 is 0. The first-order valence-corrected chi connectivity index (χ1v) is 7.96. The molecule has 1 saturated heterocycles. The largest absolute Gasteiger partial charge is 0.469 e. The van der Waals surface area contributed by atoms with Crippen molar-refractivity contribution in [1.29, 1.82) is 0 Å².